The molecule has 1 aliphatic heterocycles. The first-order valence-electron chi connectivity index (χ1n) is 12.3. The fourth-order valence-corrected chi connectivity index (χ4v) is 4.77. The first kappa shape index (κ1) is 24.0. The highest BCUT2D eigenvalue weighted by atomic mass is 16.7. The number of aromatic nitrogens is 1. The molecule has 1 N–H and O–H groups in total. The molecule has 0 atom stereocenters. The van der Waals surface area contributed by atoms with E-state index in [2.05, 4.69) is 15.0 Å². The number of ether oxygens (including phenoxy) is 5. The minimum absolute atomic E-state index is 0.230. The van der Waals surface area contributed by atoms with Crippen molar-refractivity contribution in [2.24, 2.45) is 5.16 Å². The van der Waals surface area contributed by atoms with E-state index in [0.29, 0.717) is 29.6 Å². The van der Waals surface area contributed by atoms with Crippen molar-refractivity contribution in [2.45, 2.75) is 6.61 Å². The Kier molecular flexibility index (Phi) is 6.21. The Bertz CT molecular complexity index is 1540. The van der Waals surface area contributed by atoms with Gasteiger partial charge in [-0.1, -0.05) is 11.2 Å². The zero-order valence-electron chi connectivity index (χ0n) is 21.8. The van der Waals surface area contributed by atoms with E-state index in [0.717, 1.165) is 56.9 Å². The number of H-pyrrole nitrogens is 1. The van der Waals surface area contributed by atoms with Crippen molar-refractivity contribution in [3.63, 3.8) is 0 Å². The second-order valence-electron chi connectivity index (χ2n) is 9.39. The average Bonchev–Trinajstić information content (AvgIpc) is 3.61. The topological polar surface area (TPSA) is 86.8 Å². The number of hydrogen-bond donors (Lipinski definition) is 1. The average molecular weight is 516 g/mol. The van der Waals surface area contributed by atoms with Gasteiger partial charge in [0.2, 0.25) is 6.79 Å². The van der Waals surface area contributed by atoms with Crippen LogP contribution in [0.5, 0.6) is 28.7 Å². The lowest BCUT2D eigenvalue weighted by molar-refractivity contribution is 0.130. The van der Waals surface area contributed by atoms with Gasteiger partial charge in [-0.3, -0.25) is 0 Å². The van der Waals surface area contributed by atoms with Gasteiger partial charge in [0.1, 0.15) is 24.7 Å². The number of likely N-dealkylation sites (N-methyl/N-ethyl adjacent to an activating group) is 1. The molecule has 2 heterocycles. The summed E-state index contributed by atoms with van der Waals surface area (Å²) in [4.78, 5) is 11.6. The van der Waals surface area contributed by atoms with Crippen LogP contribution in [0.15, 0.2) is 53.7 Å². The Morgan fingerprint density at radius 2 is 1.71 bits per heavy atom. The number of nitrogens with zero attached hydrogens (tertiary/aromatic N) is 2. The molecule has 0 bridgehead atoms. The van der Waals surface area contributed by atoms with Gasteiger partial charge in [-0.15, -0.1) is 0 Å². The van der Waals surface area contributed by atoms with Crippen LogP contribution in [-0.4, -0.2) is 63.9 Å². The van der Waals surface area contributed by atoms with E-state index in [4.69, 9.17) is 28.5 Å². The van der Waals surface area contributed by atoms with Gasteiger partial charge in [0.25, 0.3) is 0 Å². The molecule has 196 valence electrons. The fourth-order valence-electron chi connectivity index (χ4n) is 4.77. The summed E-state index contributed by atoms with van der Waals surface area (Å²) >= 11 is 0. The summed E-state index contributed by atoms with van der Waals surface area (Å²) in [7, 11) is 7.31. The number of aromatic amines is 1. The normalized spacial score (nSPS) is 14.2. The van der Waals surface area contributed by atoms with Crippen molar-refractivity contribution in [1.82, 2.24) is 9.88 Å². The number of oxime groups is 1. The molecule has 1 aromatic heterocycles. The predicted octanol–water partition coefficient (Wildman–Crippen LogP) is 4.80. The zero-order chi connectivity index (χ0) is 26.2. The van der Waals surface area contributed by atoms with E-state index in [9.17, 15) is 0 Å². The molecule has 0 saturated carbocycles. The quantitative estimate of drug-likeness (QED) is 0.282. The van der Waals surface area contributed by atoms with Crippen LogP contribution >= 0.6 is 0 Å². The van der Waals surface area contributed by atoms with Crippen molar-refractivity contribution in [3.05, 3.63) is 65.2 Å². The van der Waals surface area contributed by atoms with Crippen LogP contribution in [0.1, 0.15) is 16.7 Å². The van der Waals surface area contributed by atoms with Gasteiger partial charge in [0.05, 0.1) is 19.9 Å². The highest BCUT2D eigenvalue weighted by Crippen LogP contribution is 2.46. The minimum Gasteiger partial charge on any atom is -0.493 e. The summed E-state index contributed by atoms with van der Waals surface area (Å²) in [6.45, 7) is 1.93. The number of nitrogens with one attached hydrogen (secondary N) is 1. The Hall–Kier alpha value is -4.37. The van der Waals surface area contributed by atoms with E-state index in [1.807, 2.05) is 62.6 Å². The van der Waals surface area contributed by atoms with Gasteiger partial charge in [-0.25, -0.2) is 0 Å². The molecule has 9 heteroatoms. The van der Waals surface area contributed by atoms with E-state index in [1.54, 1.807) is 14.2 Å². The Balaban J connectivity index is 1.39. The lowest BCUT2D eigenvalue weighted by atomic mass is 10.1. The second kappa shape index (κ2) is 9.83. The van der Waals surface area contributed by atoms with Gasteiger partial charge in [0, 0.05) is 34.1 Å². The molecule has 4 aromatic rings. The monoisotopic (exact) mass is 515 g/mol. The molecule has 9 nitrogen and oxygen atoms in total. The third kappa shape index (κ3) is 4.24. The molecule has 0 unspecified atom stereocenters. The maximum Gasteiger partial charge on any atom is 0.231 e. The van der Waals surface area contributed by atoms with Gasteiger partial charge in [0.15, 0.2) is 23.0 Å². The van der Waals surface area contributed by atoms with Gasteiger partial charge < -0.3 is 38.4 Å². The SMILES string of the molecule is COc1cc2c(cc1OC)-c1[nH]c3ccc(OCCN(C)C)cc3c1/C2=N\OCc1ccc2c(c1)OCO2. The molecular weight excluding hydrogens is 486 g/mol. The third-order valence-electron chi connectivity index (χ3n) is 6.69. The molecule has 38 heavy (non-hydrogen) atoms. The van der Waals surface area contributed by atoms with Gasteiger partial charge in [-0.2, -0.15) is 0 Å². The number of methoxy groups -OCH3 is 2. The first-order valence-corrected chi connectivity index (χ1v) is 12.3. The van der Waals surface area contributed by atoms with E-state index < -0.39 is 0 Å². The summed E-state index contributed by atoms with van der Waals surface area (Å²) < 4.78 is 28.1. The molecule has 0 radical (unpaired) electrons. The zero-order valence-corrected chi connectivity index (χ0v) is 21.8. The van der Waals surface area contributed by atoms with Crippen LogP contribution in [0.25, 0.3) is 22.2 Å². The molecule has 0 saturated heterocycles. The molecule has 3 aromatic carbocycles. The van der Waals surface area contributed by atoms with Crippen molar-refractivity contribution >= 4 is 16.6 Å². The Labute approximate surface area is 220 Å². The number of rotatable bonds is 9. The number of benzene rings is 3. The van der Waals surface area contributed by atoms with Gasteiger partial charge in [-0.05, 0) is 62.1 Å². The van der Waals surface area contributed by atoms with Gasteiger partial charge >= 0.3 is 0 Å². The largest absolute Gasteiger partial charge is 0.493 e. The summed E-state index contributed by atoms with van der Waals surface area (Å²) in [5.41, 5.74) is 6.40. The predicted molar refractivity (Wildman–Crippen MR) is 144 cm³/mol. The van der Waals surface area contributed by atoms with Crippen molar-refractivity contribution in [3.8, 4) is 40.0 Å². The summed E-state index contributed by atoms with van der Waals surface area (Å²) in [5.74, 6) is 3.51. The maximum absolute atomic E-state index is 6.03. The number of hydrogen-bond acceptors (Lipinski definition) is 8. The fraction of sp³-hybridized carbons (Fsp3) is 0.276. The summed E-state index contributed by atoms with van der Waals surface area (Å²) in [5, 5.41) is 5.65. The Morgan fingerprint density at radius 3 is 2.50 bits per heavy atom. The number of fused-ring (bicyclic) bond motifs is 6. The van der Waals surface area contributed by atoms with Crippen LogP contribution in [0, 0.1) is 0 Å². The molecule has 6 rings (SSSR count). The standard InChI is InChI=1S/C29H29N3O6/c1-32(2)9-10-35-18-6-7-22-21(12-18)27-28(30-22)19-13-24(33-3)25(34-4)14-20(19)29(27)31-38-15-17-5-8-23-26(11-17)37-16-36-23/h5-8,11-14,30H,9-10,15-16H2,1-4H3/b31-29-. The molecule has 1 aliphatic carbocycles. The van der Waals surface area contributed by atoms with Crippen LogP contribution in [0.2, 0.25) is 0 Å². The van der Waals surface area contributed by atoms with Crippen molar-refractivity contribution < 1.29 is 28.5 Å². The smallest absolute Gasteiger partial charge is 0.231 e. The molecule has 2 aliphatic rings. The van der Waals surface area contributed by atoms with Crippen molar-refractivity contribution in [1.29, 1.82) is 0 Å². The lowest BCUT2D eigenvalue weighted by Crippen LogP contribution is -2.19. The van der Waals surface area contributed by atoms with Crippen LogP contribution < -0.4 is 23.7 Å². The Morgan fingerprint density at radius 1 is 0.921 bits per heavy atom. The van der Waals surface area contributed by atoms with E-state index >= 15 is 0 Å². The molecule has 0 amide bonds. The maximum atomic E-state index is 6.03. The minimum atomic E-state index is 0.230. The van der Waals surface area contributed by atoms with Crippen LogP contribution in [-0.2, 0) is 11.4 Å². The lowest BCUT2D eigenvalue weighted by Gasteiger charge is -2.12. The third-order valence-corrected chi connectivity index (χ3v) is 6.69. The molecule has 0 fully saturated rings. The summed E-state index contributed by atoms with van der Waals surface area (Å²) in [6.07, 6.45) is 0. The van der Waals surface area contributed by atoms with Crippen LogP contribution in [0.3, 0.4) is 0 Å². The van der Waals surface area contributed by atoms with Crippen molar-refractivity contribution in [2.75, 3.05) is 48.3 Å². The highest BCUT2D eigenvalue weighted by Gasteiger charge is 2.32. The molecular formula is C29H29N3O6. The van der Waals surface area contributed by atoms with Crippen LogP contribution in [0.4, 0.5) is 0 Å². The van der Waals surface area contributed by atoms with E-state index in [-0.39, 0.29) is 13.4 Å². The summed E-state index contributed by atoms with van der Waals surface area (Å²) in [6, 6.07) is 15.7. The first-order chi connectivity index (χ1) is 18.6. The second-order valence-corrected chi connectivity index (χ2v) is 9.39. The molecule has 0 spiro atoms. The highest BCUT2D eigenvalue weighted by molar-refractivity contribution is 6.30. The van der Waals surface area contributed by atoms with E-state index in [1.165, 1.54) is 0 Å².